The van der Waals surface area contributed by atoms with Gasteiger partial charge in [0.1, 0.15) is 0 Å². The smallest absolute Gasteiger partial charge is 0.0362 e. The highest BCUT2D eigenvalue weighted by Crippen LogP contribution is 2.26. The molecule has 1 aromatic carbocycles. The Kier molecular flexibility index (Phi) is 4.75. The molecule has 0 radical (unpaired) electrons. The summed E-state index contributed by atoms with van der Waals surface area (Å²) in [6.45, 7) is 13.6. The topological polar surface area (TPSA) is 12.0 Å². The minimum Gasteiger partial charge on any atom is -0.310 e. The quantitative estimate of drug-likeness (QED) is 0.737. The first-order chi connectivity index (χ1) is 7.56. The Morgan fingerprint density at radius 1 is 1.31 bits per heavy atom. The van der Waals surface area contributed by atoms with Crippen molar-refractivity contribution in [3.05, 3.63) is 47.0 Å². The molecule has 0 spiro atoms. The lowest BCUT2D eigenvalue weighted by Crippen LogP contribution is -2.22. The van der Waals surface area contributed by atoms with E-state index in [1.54, 1.807) is 0 Å². The van der Waals surface area contributed by atoms with E-state index in [0.29, 0.717) is 6.04 Å². The maximum Gasteiger partial charge on any atom is 0.0362 e. The van der Waals surface area contributed by atoms with Crippen LogP contribution in [0.3, 0.4) is 0 Å². The number of benzene rings is 1. The van der Waals surface area contributed by atoms with Gasteiger partial charge in [-0.3, -0.25) is 0 Å². The first-order valence-electron chi connectivity index (χ1n) is 6.00. The highest BCUT2D eigenvalue weighted by atomic mass is 14.9. The van der Waals surface area contributed by atoms with E-state index >= 15 is 0 Å². The highest BCUT2D eigenvalue weighted by molar-refractivity contribution is 5.36. The van der Waals surface area contributed by atoms with E-state index < -0.39 is 0 Å². The van der Waals surface area contributed by atoms with Crippen LogP contribution in [0.25, 0.3) is 0 Å². The van der Waals surface area contributed by atoms with Crippen LogP contribution in [0.4, 0.5) is 0 Å². The fourth-order valence-electron chi connectivity index (χ4n) is 2.25. The summed E-state index contributed by atoms with van der Waals surface area (Å²) in [4.78, 5) is 0. The molecule has 1 atom stereocenters. The molecular formula is C15H23N. The molecule has 0 aromatic heterocycles. The van der Waals surface area contributed by atoms with Crippen molar-refractivity contribution in [1.29, 1.82) is 0 Å². The molecule has 0 saturated carbocycles. The van der Waals surface area contributed by atoms with E-state index in [1.165, 1.54) is 22.3 Å². The average Bonchev–Trinajstić information content (AvgIpc) is 2.16. The van der Waals surface area contributed by atoms with Crippen molar-refractivity contribution in [2.24, 2.45) is 0 Å². The van der Waals surface area contributed by atoms with Gasteiger partial charge < -0.3 is 5.32 Å². The van der Waals surface area contributed by atoms with Crippen molar-refractivity contribution >= 4 is 0 Å². The second-order valence-corrected chi connectivity index (χ2v) is 4.58. The molecule has 0 saturated heterocycles. The second kappa shape index (κ2) is 5.86. The van der Waals surface area contributed by atoms with Gasteiger partial charge >= 0.3 is 0 Å². The van der Waals surface area contributed by atoms with Crippen LogP contribution in [0.2, 0.25) is 0 Å². The van der Waals surface area contributed by atoms with Gasteiger partial charge in [-0.1, -0.05) is 30.7 Å². The van der Waals surface area contributed by atoms with Crippen LogP contribution in [-0.4, -0.2) is 6.54 Å². The molecule has 1 heteroatoms. The molecule has 88 valence electrons. The average molecular weight is 217 g/mol. The van der Waals surface area contributed by atoms with E-state index in [4.69, 9.17) is 0 Å². The van der Waals surface area contributed by atoms with Crippen LogP contribution >= 0.6 is 0 Å². The molecule has 1 unspecified atom stereocenters. The predicted molar refractivity (Wildman–Crippen MR) is 71.8 cm³/mol. The third-order valence-corrected chi connectivity index (χ3v) is 2.89. The molecule has 0 amide bonds. The lowest BCUT2D eigenvalue weighted by molar-refractivity contribution is 0.543. The molecule has 0 bridgehead atoms. The molecule has 1 N–H and O–H groups in total. The Morgan fingerprint density at radius 3 is 2.31 bits per heavy atom. The minimum atomic E-state index is 0.406. The summed E-state index contributed by atoms with van der Waals surface area (Å²) in [5.74, 6) is 0. The van der Waals surface area contributed by atoms with Crippen LogP contribution in [-0.2, 0) is 0 Å². The van der Waals surface area contributed by atoms with Crippen LogP contribution in [0.1, 0.15) is 43.0 Å². The normalized spacial score (nSPS) is 12.5. The lowest BCUT2D eigenvalue weighted by atomic mass is 9.92. The third kappa shape index (κ3) is 3.21. The summed E-state index contributed by atoms with van der Waals surface area (Å²) in [6.07, 6.45) is 1.01. The molecule has 0 fully saturated rings. The van der Waals surface area contributed by atoms with E-state index in [1.807, 2.05) is 0 Å². The molecule has 0 aliphatic heterocycles. The molecular weight excluding hydrogens is 194 g/mol. The zero-order valence-electron chi connectivity index (χ0n) is 10.9. The van der Waals surface area contributed by atoms with Gasteiger partial charge in [-0.25, -0.2) is 0 Å². The van der Waals surface area contributed by atoms with E-state index in [0.717, 1.165) is 13.0 Å². The molecule has 0 aliphatic carbocycles. The van der Waals surface area contributed by atoms with Gasteiger partial charge in [0, 0.05) is 6.04 Å². The molecule has 1 nitrogen and oxygen atoms in total. The summed E-state index contributed by atoms with van der Waals surface area (Å²) >= 11 is 0. The van der Waals surface area contributed by atoms with Crippen molar-refractivity contribution in [3.8, 4) is 0 Å². The van der Waals surface area contributed by atoms with Crippen molar-refractivity contribution < 1.29 is 0 Å². The summed E-state index contributed by atoms with van der Waals surface area (Å²) < 4.78 is 0. The number of aryl methyl sites for hydroxylation is 2. The number of nitrogens with one attached hydrogen (secondary N) is 1. The van der Waals surface area contributed by atoms with Gasteiger partial charge in [-0.05, 0) is 50.4 Å². The lowest BCUT2D eigenvalue weighted by Gasteiger charge is -2.22. The van der Waals surface area contributed by atoms with Gasteiger partial charge in [0.15, 0.2) is 0 Å². The Hall–Kier alpha value is -1.08. The SMILES string of the molecule is C=C(C)CC(NCC)c1c(C)cccc1C. The van der Waals surface area contributed by atoms with Gasteiger partial charge in [-0.15, -0.1) is 6.58 Å². The Morgan fingerprint density at radius 2 is 1.88 bits per heavy atom. The number of hydrogen-bond acceptors (Lipinski definition) is 1. The van der Waals surface area contributed by atoms with Crippen molar-refractivity contribution in [1.82, 2.24) is 5.32 Å². The van der Waals surface area contributed by atoms with Gasteiger partial charge in [0.2, 0.25) is 0 Å². The fraction of sp³-hybridized carbons (Fsp3) is 0.467. The van der Waals surface area contributed by atoms with Crippen LogP contribution < -0.4 is 5.32 Å². The summed E-state index contributed by atoms with van der Waals surface area (Å²) in [7, 11) is 0. The Bertz CT molecular complexity index is 345. The Labute approximate surface area is 99.6 Å². The molecule has 1 aromatic rings. The molecule has 1 rings (SSSR count). The van der Waals surface area contributed by atoms with Crippen molar-refractivity contribution in [2.45, 2.75) is 40.2 Å². The standard InChI is InChI=1S/C15H23N/c1-6-16-14(10-11(2)3)15-12(4)8-7-9-13(15)5/h7-9,14,16H,2,6,10H2,1,3-5H3. The van der Waals surface area contributed by atoms with Crippen LogP contribution in [0.15, 0.2) is 30.4 Å². The van der Waals surface area contributed by atoms with Crippen LogP contribution in [0.5, 0.6) is 0 Å². The minimum absolute atomic E-state index is 0.406. The summed E-state index contributed by atoms with van der Waals surface area (Å²) in [5, 5.41) is 3.55. The van der Waals surface area contributed by atoms with Crippen molar-refractivity contribution in [2.75, 3.05) is 6.54 Å². The maximum absolute atomic E-state index is 4.02. The van der Waals surface area contributed by atoms with Gasteiger partial charge in [0.25, 0.3) is 0 Å². The highest BCUT2D eigenvalue weighted by Gasteiger charge is 2.14. The second-order valence-electron chi connectivity index (χ2n) is 4.58. The largest absolute Gasteiger partial charge is 0.310 e. The van der Waals surface area contributed by atoms with E-state index in [-0.39, 0.29) is 0 Å². The van der Waals surface area contributed by atoms with Gasteiger partial charge in [0.05, 0.1) is 0 Å². The number of rotatable bonds is 5. The van der Waals surface area contributed by atoms with E-state index in [9.17, 15) is 0 Å². The maximum atomic E-state index is 4.02. The summed E-state index contributed by atoms with van der Waals surface area (Å²) in [5.41, 5.74) is 5.40. The molecule has 16 heavy (non-hydrogen) atoms. The van der Waals surface area contributed by atoms with Crippen LogP contribution in [0, 0.1) is 13.8 Å². The summed E-state index contributed by atoms with van der Waals surface area (Å²) in [6, 6.07) is 6.90. The Balaban J connectivity index is 3.04. The van der Waals surface area contributed by atoms with Crippen molar-refractivity contribution in [3.63, 3.8) is 0 Å². The molecule has 0 aliphatic rings. The third-order valence-electron chi connectivity index (χ3n) is 2.89. The molecule has 0 heterocycles. The predicted octanol–water partition coefficient (Wildman–Crippen LogP) is 3.92. The first-order valence-corrected chi connectivity index (χ1v) is 6.00. The number of hydrogen-bond donors (Lipinski definition) is 1. The zero-order chi connectivity index (χ0) is 12.1. The van der Waals surface area contributed by atoms with Gasteiger partial charge in [-0.2, -0.15) is 0 Å². The first kappa shape index (κ1) is 13.0. The zero-order valence-corrected chi connectivity index (χ0v) is 10.9. The van der Waals surface area contributed by atoms with E-state index in [2.05, 4.69) is 57.8 Å². The fourth-order valence-corrected chi connectivity index (χ4v) is 2.25. The monoisotopic (exact) mass is 217 g/mol.